The molecule has 7 nitrogen and oxygen atoms in total. The summed E-state index contributed by atoms with van der Waals surface area (Å²) in [6.45, 7) is 0.521. The zero-order valence-electron chi connectivity index (χ0n) is 16.2. The number of hydrogen-bond acceptors (Lipinski definition) is 6. The Balaban J connectivity index is 1.79. The van der Waals surface area contributed by atoms with E-state index in [4.69, 9.17) is 28.1 Å². The number of carbonyl (C=O) groups is 2. The number of rotatable bonds is 4. The molecule has 2 amide bonds. The minimum Gasteiger partial charge on any atom is -0.370 e. The maximum Gasteiger partial charge on any atom is 0.250 e. The van der Waals surface area contributed by atoms with Crippen LogP contribution in [0.2, 0.25) is 5.02 Å². The Labute approximate surface area is 183 Å². The fourth-order valence-electron chi connectivity index (χ4n) is 3.88. The second-order valence-electron chi connectivity index (χ2n) is 7.38. The zero-order valence-corrected chi connectivity index (χ0v) is 17.8. The first-order valence-electron chi connectivity index (χ1n) is 9.60. The van der Waals surface area contributed by atoms with Gasteiger partial charge in [0.25, 0.3) is 11.8 Å². The molecule has 0 atom stereocenters. The average Bonchev–Trinajstić information content (AvgIpc) is 2.72. The van der Waals surface area contributed by atoms with Crippen molar-refractivity contribution in [1.82, 2.24) is 5.32 Å². The Bertz CT molecular complexity index is 1050. The van der Waals surface area contributed by atoms with E-state index < -0.39 is 17.4 Å². The Morgan fingerprint density at radius 3 is 2.50 bits per heavy atom. The van der Waals surface area contributed by atoms with Crippen LogP contribution in [0, 0.1) is 0 Å². The third-order valence-corrected chi connectivity index (χ3v) is 6.67. The number of aliphatic imine (C=N–C) groups is 1. The molecule has 0 unspecified atom stereocenters. The summed E-state index contributed by atoms with van der Waals surface area (Å²) in [6.07, 6.45) is 1.63. The van der Waals surface area contributed by atoms with Gasteiger partial charge in [0.05, 0.1) is 22.4 Å². The first kappa shape index (κ1) is 20.6. The number of primary amides is 2. The van der Waals surface area contributed by atoms with Gasteiger partial charge in [-0.1, -0.05) is 23.7 Å². The zero-order chi connectivity index (χ0) is 21.3. The Kier molecular flexibility index (Phi) is 5.62. The van der Waals surface area contributed by atoms with Gasteiger partial charge in [-0.05, 0) is 54.2 Å². The third-order valence-electron chi connectivity index (χ3n) is 5.45. The number of hydrogen-bond donors (Lipinski definition) is 4. The Morgan fingerprint density at radius 2 is 1.83 bits per heavy atom. The molecule has 2 aliphatic rings. The molecule has 30 heavy (non-hydrogen) atoms. The number of nitrogens with one attached hydrogen (secondary N) is 2. The summed E-state index contributed by atoms with van der Waals surface area (Å²) in [6, 6.07) is 10.6. The maximum atomic E-state index is 12.0. The monoisotopic (exact) mass is 443 g/mol. The summed E-state index contributed by atoms with van der Waals surface area (Å²) in [7, 11) is 0. The highest BCUT2D eigenvalue weighted by molar-refractivity contribution is 7.99. The van der Waals surface area contributed by atoms with Crippen LogP contribution in [0.15, 0.2) is 41.4 Å². The summed E-state index contributed by atoms with van der Waals surface area (Å²) < 4.78 is 0. The van der Waals surface area contributed by atoms with Crippen molar-refractivity contribution < 1.29 is 9.59 Å². The van der Waals surface area contributed by atoms with Crippen LogP contribution in [0.1, 0.15) is 39.1 Å². The van der Waals surface area contributed by atoms with E-state index in [1.54, 1.807) is 0 Å². The molecule has 0 saturated carbocycles. The number of carbonyl (C=O) groups excluding carboxylic acids is 2. The van der Waals surface area contributed by atoms with E-state index >= 15 is 0 Å². The minimum atomic E-state index is -0.614. The Morgan fingerprint density at radius 1 is 1.13 bits per heavy atom. The maximum absolute atomic E-state index is 12.0. The Hall–Kier alpha value is -2.71. The van der Waals surface area contributed by atoms with Gasteiger partial charge < -0.3 is 22.1 Å². The molecule has 1 fully saturated rings. The quantitative estimate of drug-likeness (QED) is 0.578. The van der Waals surface area contributed by atoms with Crippen molar-refractivity contribution in [3.63, 3.8) is 0 Å². The number of thioether (sulfide) groups is 1. The van der Waals surface area contributed by atoms with Gasteiger partial charge >= 0.3 is 0 Å². The third kappa shape index (κ3) is 3.85. The van der Waals surface area contributed by atoms with Gasteiger partial charge in [-0.15, -0.1) is 0 Å². The van der Waals surface area contributed by atoms with E-state index in [1.165, 1.54) is 12.1 Å². The number of nitrogens with two attached hydrogens (primary N) is 2. The molecule has 1 saturated heterocycles. The van der Waals surface area contributed by atoms with Crippen LogP contribution in [0.4, 0.5) is 11.4 Å². The predicted octanol–water partition coefficient (Wildman–Crippen LogP) is 3.05. The largest absolute Gasteiger partial charge is 0.370 e. The van der Waals surface area contributed by atoms with Crippen LogP contribution in [0.5, 0.6) is 0 Å². The highest BCUT2D eigenvalue weighted by Crippen LogP contribution is 2.43. The molecule has 6 N–H and O–H groups in total. The standard InChI is InChI=1S/C21H22ClN5O2S/c22-13-3-1-2-12(10-13)11-25-20-21(6-8-30-9-7-21)27-17-15(19(24)29)5-4-14(18(23)28)16(17)26-20/h1-5,10,27H,6-9,11H2,(H2,23,28)(H2,24,29)(H,25,26). The molecule has 0 radical (unpaired) electrons. The van der Waals surface area contributed by atoms with E-state index in [9.17, 15) is 9.59 Å². The summed E-state index contributed by atoms with van der Waals surface area (Å²) in [4.78, 5) is 28.9. The molecule has 2 aliphatic heterocycles. The molecule has 2 heterocycles. The lowest BCUT2D eigenvalue weighted by Gasteiger charge is -2.43. The van der Waals surface area contributed by atoms with Gasteiger partial charge in [-0.3, -0.25) is 9.59 Å². The predicted molar refractivity (Wildman–Crippen MR) is 122 cm³/mol. The van der Waals surface area contributed by atoms with Crippen molar-refractivity contribution >= 4 is 52.4 Å². The second-order valence-corrected chi connectivity index (χ2v) is 9.04. The smallest absolute Gasteiger partial charge is 0.250 e. The molecule has 0 bridgehead atoms. The molecule has 1 spiro atoms. The van der Waals surface area contributed by atoms with Crippen LogP contribution < -0.4 is 22.1 Å². The highest BCUT2D eigenvalue weighted by Gasteiger charge is 2.42. The van der Waals surface area contributed by atoms with Gasteiger partial charge in [0.15, 0.2) is 0 Å². The molecule has 0 aliphatic carbocycles. The van der Waals surface area contributed by atoms with Crippen molar-refractivity contribution in [3.8, 4) is 0 Å². The summed E-state index contributed by atoms with van der Waals surface area (Å²) >= 11 is 7.98. The molecule has 2 aromatic rings. The SMILES string of the molecule is NC(=O)c1ccc(C(N)=O)c2c1N=C(NCc1cccc(Cl)c1)C1(CCSCC1)N2. The van der Waals surface area contributed by atoms with E-state index in [1.807, 2.05) is 36.0 Å². The topological polar surface area (TPSA) is 123 Å². The molecule has 0 aromatic heterocycles. The number of amidine groups is 1. The molecular formula is C21H22ClN5O2S. The number of benzene rings is 2. The number of nitrogens with zero attached hydrogens (tertiary/aromatic N) is 1. The summed E-state index contributed by atoms with van der Waals surface area (Å²) in [5.74, 6) is 1.42. The average molecular weight is 444 g/mol. The van der Waals surface area contributed by atoms with E-state index in [2.05, 4.69) is 10.6 Å². The van der Waals surface area contributed by atoms with Crippen molar-refractivity contribution in [1.29, 1.82) is 0 Å². The first-order valence-corrected chi connectivity index (χ1v) is 11.1. The number of amides is 2. The van der Waals surface area contributed by atoms with Gasteiger partial charge in [-0.25, -0.2) is 4.99 Å². The molecule has 2 aromatic carbocycles. The molecule has 9 heteroatoms. The van der Waals surface area contributed by atoms with E-state index in [-0.39, 0.29) is 5.56 Å². The highest BCUT2D eigenvalue weighted by atomic mass is 35.5. The lowest BCUT2D eigenvalue weighted by atomic mass is 9.87. The fourth-order valence-corrected chi connectivity index (χ4v) is 5.28. The van der Waals surface area contributed by atoms with Crippen LogP contribution in [0.25, 0.3) is 0 Å². The molecule has 156 valence electrons. The van der Waals surface area contributed by atoms with Crippen LogP contribution >= 0.6 is 23.4 Å². The molecule has 4 rings (SSSR count). The number of anilines is 1. The normalized spacial score (nSPS) is 16.9. The first-order chi connectivity index (χ1) is 14.4. The van der Waals surface area contributed by atoms with Gasteiger partial charge in [-0.2, -0.15) is 11.8 Å². The van der Waals surface area contributed by atoms with E-state index in [0.29, 0.717) is 28.5 Å². The number of fused-ring (bicyclic) bond motifs is 1. The minimum absolute atomic E-state index is 0.240. The molecular weight excluding hydrogens is 422 g/mol. The summed E-state index contributed by atoms with van der Waals surface area (Å²) in [5, 5.41) is 7.61. The van der Waals surface area contributed by atoms with Crippen molar-refractivity contribution in [2.45, 2.75) is 24.9 Å². The van der Waals surface area contributed by atoms with Crippen LogP contribution in [-0.2, 0) is 6.54 Å². The number of halogens is 1. The van der Waals surface area contributed by atoms with E-state index in [0.717, 1.165) is 35.7 Å². The van der Waals surface area contributed by atoms with Gasteiger partial charge in [0.2, 0.25) is 0 Å². The lowest BCUT2D eigenvalue weighted by Crippen LogP contribution is -2.56. The van der Waals surface area contributed by atoms with Crippen molar-refractivity contribution in [2.24, 2.45) is 16.5 Å². The summed E-state index contributed by atoms with van der Waals surface area (Å²) in [5.41, 5.74) is 13.0. The van der Waals surface area contributed by atoms with Crippen LogP contribution in [-0.4, -0.2) is 34.7 Å². The van der Waals surface area contributed by atoms with Gasteiger partial charge in [0.1, 0.15) is 11.5 Å². The van der Waals surface area contributed by atoms with Gasteiger partial charge in [0, 0.05) is 11.6 Å². The fraction of sp³-hybridized carbons (Fsp3) is 0.286. The lowest BCUT2D eigenvalue weighted by molar-refractivity contribution is 0.0989. The van der Waals surface area contributed by atoms with Crippen LogP contribution in [0.3, 0.4) is 0 Å². The van der Waals surface area contributed by atoms with Crippen molar-refractivity contribution in [2.75, 3.05) is 16.8 Å². The van der Waals surface area contributed by atoms with Crippen molar-refractivity contribution in [3.05, 3.63) is 58.1 Å². The second kappa shape index (κ2) is 8.20.